The van der Waals surface area contributed by atoms with Crippen molar-refractivity contribution in [2.45, 2.75) is 18.2 Å². The average molecular weight is 486 g/mol. The van der Waals surface area contributed by atoms with Crippen LogP contribution in [-0.2, 0) is 21.1 Å². The van der Waals surface area contributed by atoms with Crippen LogP contribution < -0.4 is 5.32 Å². The first kappa shape index (κ1) is 21.9. The molecule has 154 valence electrons. The van der Waals surface area contributed by atoms with E-state index >= 15 is 0 Å². The molecular weight excluding hydrogens is 466 g/mol. The highest BCUT2D eigenvalue weighted by atomic mass is 79.9. The third-order valence-corrected chi connectivity index (χ3v) is 7.00. The first-order valence-corrected chi connectivity index (χ1v) is 11.8. The van der Waals surface area contributed by atoms with E-state index in [1.165, 1.54) is 12.1 Å². The minimum atomic E-state index is -3.27. The minimum absolute atomic E-state index is 0.0282. The van der Waals surface area contributed by atoms with Gasteiger partial charge in [-0.15, -0.1) is 0 Å². The van der Waals surface area contributed by atoms with Gasteiger partial charge in [-0.25, -0.2) is 8.42 Å². The summed E-state index contributed by atoms with van der Waals surface area (Å²) in [6, 6.07) is 20.3. The van der Waals surface area contributed by atoms with Gasteiger partial charge in [0.1, 0.15) is 0 Å². The van der Waals surface area contributed by atoms with Gasteiger partial charge in [0.2, 0.25) is 5.91 Å². The number of carbonyl (C=O) groups is 2. The van der Waals surface area contributed by atoms with Crippen molar-refractivity contribution in [3.05, 3.63) is 94.0 Å². The topological polar surface area (TPSA) is 80.3 Å². The molecule has 0 aliphatic rings. The molecule has 0 saturated carbocycles. The Morgan fingerprint density at radius 2 is 1.60 bits per heavy atom. The Balaban J connectivity index is 1.72. The number of nitrogens with one attached hydrogen (secondary N) is 1. The van der Waals surface area contributed by atoms with Gasteiger partial charge in [-0.1, -0.05) is 65.3 Å². The molecule has 3 aromatic rings. The lowest BCUT2D eigenvalue weighted by atomic mass is 10.0. The summed E-state index contributed by atoms with van der Waals surface area (Å²) in [4.78, 5) is 25.4. The molecule has 0 radical (unpaired) electrons. The van der Waals surface area contributed by atoms with Crippen molar-refractivity contribution in [2.75, 3.05) is 11.1 Å². The van der Waals surface area contributed by atoms with Crippen LogP contribution in [0.15, 0.2) is 82.2 Å². The summed E-state index contributed by atoms with van der Waals surface area (Å²) in [6.07, 6.45) is 0.0878. The number of sulfone groups is 1. The van der Waals surface area contributed by atoms with E-state index in [2.05, 4.69) is 21.2 Å². The summed E-state index contributed by atoms with van der Waals surface area (Å²) in [5, 5.41) is 2.79. The summed E-state index contributed by atoms with van der Waals surface area (Å²) in [5.74, 6) is -0.381. The maximum atomic E-state index is 12.7. The van der Waals surface area contributed by atoms with E-state index < -0.39 is 9.84 Å². The summed E-state index contributed by atoms with van der Waals surface area (Å²) in [5.41, 5.74) is 2.21. The van der Waals surface area contributed by atoms with Crippen LogP contribution in [0.25, 0.3) is 0 Å². The van der Waals surface area contributed by atoms with Crippen LogP contribution >= 0.6 is 15.9 Å². The molecule has 0 aliphatic carbocycles. The van der Waals surface area contributed by atoms with Crippen molar-refractivity contribution in [1.29, 1.82) is 0 Å². The molecule has 3 rings (SSSR count). The molecule has 0 bridgehead atoms. The van der Waals surface area contributed by atoms with Gasteiger partial charge in [-0.05, 0) is 35.9 Å². The van der Waals surface area contributed by atoms with Gasteiger partial charge in [-0.2, -0.15) is 0 Å². The Bertz CT molecular complexity index is 1170. The number of anilines is 1. The molecule has 0 heterocycles. The van der Waals surface area contributed by atoms with Gasteiger partial charge in [0, 0.05) is 21.3 Å². The number of benzene rings is 3. The van der Waals surface area contributed by atoms with E-state index in [1.54, 1.807) is 61.5 Å². The highest BCUT2D eigenvalue weighted by Gasteiger charge is 2.15. The number of halogens is 1. The van der Waals surface area contributed by atoms with E-state index in [1.807, 2.05) is 6.07 Å². The maximum absolute atomic E-state index is 12.7. The molecular formula is C23H20BrNO4S. The number of carbonyl (C=O) groups excluding carboxylic acids is 2. The molecule has 0 fully saturated rings. The number of hydrogen-bond acceptors (Lipinski definition) is 4. The number of ketones is 1. The smallest absolute Gasteiger partial charge is 0.228 e. The Morgan fingerprint density at radius 3 is 2.23 bits per heavy atom. The van der Waals surface area contributed by atoms with Gasteiger partial charge in [-0.3, -0.25) is 9.59 Å². The quantitative estimate of drug-likeness (QED) is 0.493. The number of rotatable bonds is 7. The van der Waals surface area contributed by atoms with Crippen LogP contribution in [0.3, 0.4) is 0 Å². The average Bonchev–Trinajstić information content (AvgIpc) is 2.75. The first-order chi connectivity index (χ1) is 14.3. The van der Waals surface area contributed by atoms with Crippen molar-refractivity contribution in [1.82, 2.24) is 0 Å². The second kappa shape index (κ2) is 9.36. The predicted molar refractivity (Wildman–Crippen MR) is 121 cm³/mol. The highest BCUT2D eigenvalue weighted by molar-refractivity contribution is 9.10. The largest absolute Gasteiger partial charge is 0.326 e. The summed E-state index contributed by atoms with van der Waals surface area (Å²) in [6.45, 7) is 1.59. The van der Waals surface area contributed by atoms with Gasteiger partial charge in [0.15, 0.2) is 15.6 Å². The second-order valence-corrected chi connectivity index (χ2v) is 9.79. The molecule has 3 aromatic carbocycles. The van der Waals surface area contributed by atoms with Crippen molar-refractivity contribution in [3.8, 4) is 0 Å². The highest BCUT2D eigenvalue weighted by Crippen LogP contribution is 2.24. The monoisotopic (exact) mass is 485 g/mol. The Labute approximate surface area is 184 Å². The molecule has 1 amide bonds. The van der Waals surface area contributed by atoms with E-state index in [0.29, 0.717) is 26.9 Å². The van der Waals surface area contributed by atoms with Crippen LogP contribution in [0.4, 0.5) is 5.69 Å². The minimum Gasteiger partial charge on any atom is -0.326 e. The van der Waals surface area contributed by atoms with Gasteiger partial charge in [0.05, 0.1) is 17.1 Å². The van der Waals surface area contributed by atoms with Crippen LogP contribution in [-0.4, -0.2) is 25.9 Å². The normalized spacial score (nSPS) is 11.1. The lowest BCUT2D eigenvalue weighted by Crippen LogP contribution is -2.15. The molecule has 0 spiro atoms. The Kier molecular flexibility index (Phi) is 6.84. The van der Waals surface area contributed by atoms with Gasteiger partial charge >= 0.3 is 0 Å². The van der Waals surface area contributed by atoms with Crippen LogP contribution in [0, 0.1) is 0 Å². The molecule has 30 heavy (non-hydrogen) atoms. The van der Waals surface area contributed by atoms with Crippen molar-refractivity contribution < 1.29 is 18.0 Å². The summed E-state index contributed by atoms with van der Waals surface area (Å²) >= 11 is 3.39. The van der Waals surface area contributed by atoms with E-state index in [-0.39, 0.29) is 28.8 Å². The second-order valence-electron chi connectivity index (χ2n) is 6.66. The molecule has 7 heteroatoms. The van der Waals surface area contributed by atoms with Gasteiger partial charge in [0.25, 0.3) is 0 Å². The lowest BCUT2D eigenvalue weighted by molar-refractivity contribution is -0.115. The Morgan fingerprint density at radius 1 is 0.933 bits per heavy atom. The molecule has 0 aliphatic heterocycles. The fourth-order valence-electron chi connectivity index (χ4n) is 2.89. The SMILES string of the molecule is CCS(=O)(=O)c1ccc(CC(=O)Nc2ccc(Br)c(C(=O)c3ccccc3)c2)cc1. The molecule has 5 nitrogen and oxygen atoms in total. The van der Waals surface area contributed by atoms with E-state index in [9.17, 15) is 18.0 Å². The molecule has 0 saturated heterocycles. The maximum Gasteiger partial charge on any atom is 0.228 e. The Hall–Kier alpha value is -2.77. The molecule has 0 unspecified atom stereocenters. The number of hydrogen-bond donors (Lipinski definition) is 1. The number of amides is 1. The van der Waals surface area contributed by atoms with E-state index in [4.69, 9.17) is 0 Å². The third-order valence-electron chi connectivity index (χ3n) is 4.56. The van der Waals surface area contributed by atoms with Crippen LogP contribution in [0.5, 0.6) is 0 Å². The fourth-order valence-corrected chi connectivity index (χ4v) is 4.20. The van der Waals surface area contributed by atoms with Gasteiger partial charge < -0.3 is 5.32 Å². The van der Waals surface area contributed by atoms with Crippen molar-refractivity contribution in [2.24, 2.45) is 0 Å². The van der Waals surface area contributed by atoms with Crippen molar-refractivity contribution in [3.63, 3.8) is 0 Å². The molecule has 0 atom stereocenters. The standard InChI is InChI=1S/C23H20BrNO4S/c1-2-30(28,29)19-11-8-16(9-12-19)14-22(26)25-18-10-13-21(24)20(15-18)23(27)17-6-4-3-5-7-17/h3-13,15H,2,14H2,1H3,(H,25,26). The third kappa shape index (κ3) is 5.23. The molecule has 1 N–H and O–H groups in total. The van der Waals surface area contributed by atoms with Crippen molar-refractivity contribution >= 4 is 43.1 Å². The van der Waals surface area contributed by atoms with Crippen LogP contribution in [0.2, 0.25) is 0 Å². The fraction of sp³-hybridized carbons (Fsp3) is 0.130. The summed E-state index contributed by atoms with van der Waals surface area (Å²) < 4.78 is 24.4. The summed E-state index contributed by atoms with van der Waals surface area (Å²) in [7, 11) is -3.27. The lowest BCUT2D eigenvalue weighted by Gasteiger charge is -2.10. The predicted octanol–water partition coefficient (Wildman–Crippen LogP) is 4.65. The molecule has 0 aromatic heterocycles. The first-order valence-electron chi connectivity index (χ1n) is 9.31. The zero-order valence-corrected chi connectivity index (χ0v) is 18.7. The van der Waals surface area contributed by atoms with E-state index in [0.717, 1.165) is 0 Å². The zero-order valence-electron chi connectivity index (χ0n) is 16.3. The zero-order chi connectivity index (χ0) is 21.7. The van der Waals surface area contributed by atoms with Crippen LogP contribution in [0.1, 0.15) is 28.4 Å².